The minimum atomic E-state index is 0.363. The Balaban J connectivity index is 2.41. The van der Waals surface area contributed by atoms with Crippen molar-refractivity contribution in [1.82, 2.24) is 4.90 Å². The van der Waals surface area contributed by atoms with Gasteiger partial charge >= 0.3 is 0 Å². The lowest BCUT2D eigenvalue weighted by atomic mass is 9.88. The molecule has 0 spiro atoms. The highest BCUT2D eigenvalue weighted by atomic mass is 16.2. The molecule has 1 aliphatic heterocycles. The maximum absolute atomic E-state index is 12.5. The maximum Gasteiger partial charge on any atom is 0.222 e. The van der Waals surface area contributed by atoms with E-state index in [1.54, 1.807) is 0 Å². The molecule has 1 aliphatic rings. The normalized spacial score (nSPS) is 21.7. The summed E-state index contributed by atoms with van der Waals surface area (Å²) >= 11 is 0. The minimum absolute atomic E-state index is 0.363. The molecule has 3 heteroatoms. The fraction of sp³-hybridized carbons (Fsp3) is 0.944. The fourth-order valence-electron chi connectivity index (χ4n) is 3.53. The molecule has 0 radical (unpaired) electrons. The van der Waals surface area contributed by atoms with Gasteiger partial charge in [-0.3, -0.25) is 4.79 Å². The van der Waals surface area contributed by atoms with Gasteiger partial charge < -0.3 is 10.6 Å². The molecule has 1 saturated heterocycles. The summed E-state index contributed by atoms with van der Waals surface area (Å²) in [7, 11) is 0. The Morgan fingerprint density at radius 1 is 1.14 bits per heavy atom. The van der Waals surface area contributed by atoms with E-state index in [0.29, 0.717) is 24.2 Å². The summed E-state index contributed by atoms with van der Waals surface area (Å²) in [4.78, 5) is 14.6. The van der Waals surface area contributed by atoms with Crippen LogP contribution in [0.15, 0.2) is 0 Å². The van der Waals surface area contributed by atoms with Crippen LogP contribution in [0.3, 0.4) is 0 Å². The molecule has 3 nitrogen and oxygen atoms in total. The van der Waals surface area contributed by atoms with Crippen LogP contribution in [-0.2, 0) is 4.79 Å². The summed E-state index contributed by atoms with van der Waals surface area (Å²) < 4.78 is 0. The van der Waals surface area contributed by atoms with Crippen molar-refractivity contribution in [2.24, 2.45) is 29.4 Å². The van der Waals surface area contributed by atoms with E-state index in [2.05, 4.69) is 32.6 Å². The van der Waals surface area contributed by atoms with Crippen molar-refractivity contribution in [3.63, 3.8) is 0 Å². The number of hydrogen-bond acceptors (Lipinski definition) is 2. The topological polar surface area (TPSA) is 46.3 Å². The molecule has 21 heavy (non-hydrogen) atoms. The van der Waals surface area contributed by atoms with Gasteiger partial charge in [-0.05, 0) is 62.3 Å². The predicted octanol–water partition coefficient (Wildman–Crippen LogP) is 3.67. The van der Waals surface area contributed by atoms with E-state index in [0.717, 1.165) is 44.3 Å². The molecule has 0 aromatic heterocycles. The maximum atomic E-state index is 12.5. The smallest absolute Gasteiger partial charge is 0.222 e. The van der Waals surface area contributed by atoms with Crippen molar-refractivity contribution in [1.29, 1.82) is 0 Å². The molecule has 0 aromatic carbocycles. The van der Waals surface area contributed by atoms with Gasteiger partial charge in [0.05, 0.1) is 0 Å². The van der Waals surface area contributed by atoms with Gasteiger partial charge in [-0.2, -0.15) is 0 Å². The lowest BCUT2D eigenvalue weighted by Crippen LogP contribution is -2.32. The molecule has 1 rings (SSSR count). The zero-order valence-corrected chi connectivity index (χ0v) is 14.6. The van der Waals surface area contributed by atoms with Gasteiger partial charge in [-0.25, -0.2) is 0 Å². The number of rotatable bonds is 7. The highest BCUT2D eigenvalue weighted by Gasteiger charge is 2.23. The summed E-state index contributed by atoms with van der Waals surface area (Å²) in [6, 6.07) is 0. The molecule has 1 fully saturated rings. The van der Waals surface area contributed by atoms with Gasteiger partial charge in [-0.1, -0.05) is 27.7 Å². The summed E-state index contributed by atoms with van der Waals surface area (Å²) in [5.41, 5.74) is 5.69. The van der Waals surface area contributed by atoms with Crippen LogP contribution < -0.4 is 5.73 Å². The molecule has 2 N–H and O–H groups in total. The Bertz CT molecular complexity index is 302. The molecule has 2 unspecified atom stereocenters. The highest BCUT2D eigenvalue weighted by molar-refractivity contribution is 5.76. The van der Waals surface area contributed by atoms with Gasteiger partial charge in [-0.15, -0.1) is 0 Å². The zero-order valence-electron chi connectivity index (χ0n) is 14.6. The highest BCUT2D eigenvalue weighted by Crippen LogP contribution is 2.26. The number of carbonyl (C=O) groups is 1. The standard InChI is InChI=1S/C18H36N2O/c1-14(2)16-6-5-12-20(13-10-16)18(21)8-7-17(9-11-19)15(3)4/h14-17H,5-13,19H2,1-4H3. The zero-order chi connectivity index (χ0) is 15.8. The van der Waals surface area contributed by atoms with Crippen molar-refractivity contribution in [3.8, 4) is 0 Å². The Morgan fingerprint density at radius 2 is 1.86 bits per heavy atom. The van der Waals surface area contributed by atoms with Crippen molar-refractivity contribution in [3.05, 3.63) is 0 Å². The second kappa shape index (κ2) is 9.45. The predicted molar refractivity (Wildman–Crippen MR) is 90.0 cm³/mol. The second-order valence-corrected chi connectivity index (χ2v) is 7.44. The van der Waals surface area contributed by atoms with Crippen molar-refractivity contribution >= 4 is 5.91 Å². The molecule has 1 amide bonds. The van der Waals surface area contributed by atoms with E-state index >= 15 is 0 Å². The summed E-state index contributed by atoms with van der Waals surface area (Å²) in [5, 5.41) is 0. The Morgan fingerprint density at radius 3 is 2.43 bits per heavy atom. The summed E-state index contributed by atoms with van der Waals surface area (Å²) in [6.45, 7) is 11.8. The number of amides is 1. The van der Waals surface area contributed by atoms with Gasteiger partial charge in [0.1, 0.15) is 0 Å². The summed E-state index contributed by atoms with van der Waals surface area (Å²) in [6.07, 6.45) is 6.38. The minimum Gasteiger partial charge on any atom is -0.343 e. The lowest BCUT2D eigenvalue weighted by molar-refractivity contribution is -0.131. The number of likely N-dealkylation sites (tertiary alicyclic amines) is 1. The quantitative estimate of drug-likeness (QED) is 0.779. The molecular formula is C18H36N2O. The van der Waals surface area contributed by atoms with E-state index in [1.807, 2.05) is 0 Å². The monoisotopic (exact) mass is 296 g/mol. The first-order chi connectivity index (χ1) is 9.95. The van der Waals surface area contributed by atoms with Crippen molar-refractivity contribution < 1.29 is 4.79 Å². The van der Waals surface area contributed by atoms with Crippen LogP contribution in [0, 0.1) is 23.7 Å². The number of nitrogens with zero attached hydrogens (tertiary/aromatic N) is 1. The molecular weight excluding hydrogens is 260 g/mol. The third kappa shape index (κ3) is 6.37. The van der Waals surface area contributed by atoms with Crippen LogP contribution >= 0.6 is 0 Å². The van der Waals surface area contributed by atoms with Gasteiger partial charge in [0.25, 0.3) is 0 Å². The molecule has 124 valence electrons. The Kier molecular flexibility index (Phi) is 8.31. The first kappa shape index (κ1) is 18.5. The third-order valence-corrected chi connectivity index (χ3v) is 5.28. The number of hydrogen-bond donors (Lipinski definition) is 1. The van der Waals surface area contributed by atoms with Crippen molar-refractivity contribution in [2.45, 2.75) is 66.2 Å². The average molecular weight is 296 g/mol. The van der Waals surface area contributed by atoms with Crippen LogP contribution in [0.1, 0.15) is 66.2 Å². The van der Waals surface area contributed by atoms with Crippen LogP contribution in [0.25, 0.3) is 0 Å². The van der Waals surface area contributed by atoms with E-state index in [1.165, 1.54) is 19.3 Å². The molecule has 0 aliphatic carbocycles. The summed E-state index contributed by atoms with van der Waals surface area (Å²) in [5.74, 6) is 3.12. The molecule has 0 saturated carbocycles. The van der Waals surface area contributed by atoms with Crippen LogP contribution in [0.5, 0.6) is 0 Å². The molecule has 0 bridgehead atoms. The van der Waals surface area contributed by atoms with Crippen molar-refractivity contribution in [2.75, 3.05) is 19.6 Å². The molecule has 2 atom stereocenters. The second-order valence-electron chi connectivity index (χ2n) is 7.44. The van der Waals surface area contributed by atoms with Crippen LogP contribution in [0.4, 0.5) is 0 Å². The molecule has 0 aromatic rings. The SMILES string of the molecule is CC(C)C(CCN)CCC(=O)N1CCCC(C(C)C)CC1. The molecule has 1 heterocycles. The van der Waals surface area contributed by atoms with Gasteiger partial charge in [0, 0.05) is 19.5 Å². The largest absolute Gasteiger partial charge is 0.343 e. The Labute approximate surface area is 131 Å². The van der Waals surface area contributed by atoms with Crippen LogP contribution in [-0.4, -0.2) is 30.4 Å². The number of nitrogens with two attached hydrogens (primary N) is 1. The lowest BCUT2D eigenvalue weighted by Gasteiger charge is -2.24. The average Bonchev–Trinajstić information content (AvgIpc) is 2.68. The van der Waals surface area contributed by atoms with Crippen LogP contribution in [0.2, 0.25) is 0 Å². The van der Waals surface area contributed by atoms with Gasteiger partial charge in [0.2, 0.25) is 5.91 Å². The third-order valence-electron chi connectivity index (χ3n) is 5.28. The first-order valence-corrected chi connectivity index (χ1v) is 8.93. The first-order valence-electron chi connectivity index (χ1n) is 8.93. The van der Waals surface area contributed by atoms with Gasteiger partial charge in [0.15, 0.2) is 0 Å². The van der Waals surface area contributed by atoms with E-state index in [4.69, 9.17) is 5.73 Å². The number of carbonyl (C=O) groups excluding carboxylic acids is 1. The van der Waals surface area contributed by atoms with E-state index in [-0.39, 0.29) is 0 Å². The fourth-order valence-corrected chi connectivity index (χ4v) is 3.53. The van der Waals surface area contributed by atoms with E-state index in [9.17, 15) is 4.79 Å². The van der Waals surface area contributed by atoms with E-state index < -0.39 is 0 Å². The Hall–Kier alpha value is -0.570.